The molecule has 1 fully saturated rings. The number of primary sulfonamides is 1. The Hall–Kier alpha value is -2.07. The lowest BCUT2D eigenvalue weighted by atomic mass is 10.1. The van der Waals surface area contributed by atoms with Crippen molar-refractivity contribution in [1.82, 2.24) is 4.90 Å². The summed E-state index contributed by atoms with van der Waals surface area (Å²) in [7, 11) is -4.05. The molecule has 4 N–H and O–H groups in total. The number of amides is 2. The normalized spacial score (nSPS) is 20.9. The summed E-state index contributed by atoms with van der Waals surface area (Å²) < 4.78 is 49.4. The lowest BCUT2D eigenvalue weighted by Crippen LogP contribution is -2.43. The van der Waals surface area contributed by atoms with Gasteiger partial charge in [-0.2, -0.15) is 0 Å². The zero-order chi connectivity index (χ0) is 16.7. The molecule has 2 rings (SSSR count). The van der Waals surface area contributed by atoms with Gasteiger partial charge in [-0.1, -0.05) is 6.07 Å². The first kappa shape index (κ1) is 16.3. The topological polar surface area (TPSA) is 124 Å². The standard InChI is InChI=1S/C12H13F2N3O4S/c13-12(14)5-9(10(15)18)17(6-12)11(19)7-2-1-3-8(4-7)22(16,20)21/h1-4,9H,5-6H2,(H2,15,18)(H2,16,20,21)/t9-/m1/s1. The first-order valence-electron chi connectivity index (χ1n) is 6.12. The maximum atomic E-state index is 13.4. The van der Waals surface area contributed by atoms with Crippen molar-refractivity contribution >= 4 is 21.8 Å². The monoisotopic (exact) mass is 333 g/mol. The molecule has 0 saturated carbocycles. The highest BCUT2D eigenvalue weighted by Crippen LogP contribution is 2.33. The van der Waals surface area contributed by atoms with Gasteiger partial charge in [-0.25, -0.2) is 22.3 Å². The molecule has 0 bridgehead atoms. The van der Waals surface area contributed by atoms with Crippen molar-refractivity contribution in [2.45, 2.75) is 23.3 Å². The summed E-state index contributed by atoms with van der Waals surface area (Å²) in [6.07, 6.45) is -0.858. The number of halogens is 2. The quantitative estimate of drug-likeness (QED) is 0.786. The first-order valence-corrected chi connectivity index (χ1v) is 7.67. The van der Waals surface area contributed by atoms with E-state index in [9.17, 15) is 26.8 Å². The zero-order valence-corrected chi connectivity index (χ0v) is 12.0. The van der Waals surface area contributed by atoms with Crippen molar-refractivity contribution in [2.75, 3.05) is 6.54 Å². The van der Waals surface area contributed by atoms with Crippen LogP contribution in [0.15, 0.2) is 29.2 Å². The van der Waals surface area contributed by atoms with Crippen LogP contribution in [0.5, 0.6) is 0 Å². The molecule has 1 aliphatic rings. The number of carbonyl (C=O) groups excluding carboxylic acids is 2. The average molecular weight is 333 g/mol. The van der Waals surface area contributed by atoms with Crippen molar-refractivity contribution in [3.63, 3.8) is 0 Å². The van der Waals surface area contributed by atoms with Gasteiger partial charge in [0, 0.05) is 12.0 Å². The first-order chi connectivity index (χ1) is 10.0. The second-order valence-corrected chi connectivity index (χ2v) is 6.55. The molecule has 0 radical (unpaired) electrons. The Morgan fingerprint density at radius 3 is 2.50 bits per heavy atom. The van der Waals surface area contributed by atoms with E-state index in [0.29, 0.717) is 4.90 Å². The number of rotatable bonds is 3. The second-order valence-electron chi connectivity index (χ2n) is 4.98. The van der Waals surface area contributed by atoms with E-state index < -0.39 is 46.8 Å². The molecule has 1 atom stereocenters. The molecule has 1 heterocycles. The summed E-state index contributed by atoms with van der Waals surface area (Å²) in [6, 6.07) is 3.18. The van der Waals surface area contributed by atoms with Crippen LogP contribution in [-0.4, -0.2) is 43.6 Å². The van der Waals surface area contributed by atoms with Crippen LogP contribution in [-0.2, 0) is 14.8 Å². The Labute approximate surface area is 124 Å². The van der Waals surface area contributed by atoms with Gasteiger partial charge in [-0.15, -0.1) is 0 Å². The van der Waals surface area contributed by atoms with Gasteiger partial charge in [-0.3, -0.25) is 9.59 Å². The van der Waals surface area contributed by atoms with Crippen molar-refractivity contribution in [1.29, 1.82) is 0 Å². The van der Waals surface area contributed by atoms with Gasteiger partial charge < -0.3 is 10.6 Å². The highest BCUT2D eigenvalue weighted by Gasteiger charge is 2.49. The number of sulfonamides is 1. The van der Waals surface area contributed by atoms with Gasteiger partial charge in [0.2, 0.25) is 15.9 Å². The van der Waals surface area contributed by atoms with Crippen molar-refractivity contribution in [3.05, 3.63) is 29.8 Å². The second kappa shape index (κ2) is 5.29. The Balaban J connectivity index is 2.37. The Kier molecular flexibility index (Phi) is 3.92. The number of hydrogen-bond acceptors (Lipinski definition) is 4. The molecule has 22 heavy (non-hydrogen) atoms. The van der Waals surface area contributed by atoms with E-state index in [1.165, 1.54) is 12.1 Å². The number of nitrogens with zero attached hydrogens (tertiary/aromatic N) is 1. The van der Waals surface area contributed by atoms with Crippen LogP contribution in [0.25, 0.3) is 0 Å². The highest BCUT2D eigenvalue weighted by atomic mass is 32.2. The summed E-state index contributed by atoms with van der Waals surface area (Å²) in [5, 5.41) is 4.95. The maximum Gasteiger partial charge on any atom is 0.267 e. The number of alkyl halides is 2. The minimum Gasteiger partial charge on any atom is -0.368 e. The Morgan fingerprint density at radius 2 is 1.95 bits per heavy atom. The van der Waals surface area contributed by atoms with Crippen LogP contribution >= 0.6 is 0 Å². The third kappa shape index (κ3) is 3.22. The predicted octanol–water partition coefficient (Wildman–Crippen LogP) is -0.331. The van der Waals surface area contributed by atoms with Gasteiger partial charge >= 0.3 is 0 Å². The molecule has 0 unspecified atom stereocenters. The number of carbonyl (C=O) groups is 2. The molecule has 0 aromatic heterocycles. The fourth-order valence-electron chi connectivity index (χ4n) is 2.26. The van der Waals surface area contributed by atoms with E-state index in [2.05, 4.69) is 0 Å². The lowest BCUT2D eigenvalue weighted by Gasteiger charge is -2.21. The van der Waals surface area contributed by atoms with Crippen LogP contribution in [0.3, 0.4) is 0 Å². The van der Waals surface area contributed by atoms with E-state index in [-0.39, 0.29) is 10.5 Å². The summed E-state index contributed by atoms with van der Waals surface area (Å²) in [5.74, 6) is -5.19. The van der Waals surface area contributed by atoms with Crippen molar-refractivity contribution in [3.8, 4) is 0 Å². The maximum absolute atomic E-state index is 13.4. The Bertz CT molecular complexity index is 736. The molecule has 1 aromatic rings. The third-order valence-corrected chi connectivity index (χ3v) is 4.18. The number of benzene rings is 1. The molecule has 10 heteroatoms. The fourth-order valence-corrected chi connectivity index (χ4v) is 2.82. The van der Waals surface area contributed by atoms with Gasteiger partial charge in [0.15, 0.2) is 0 Å². The van der Waals surface area contributed by atoms with E-state index in [1.807, 2.05) is 0 Å². The van der Waals surface area contributed by atoms with Gasteiger partial charge in [-0.05, 0) is 18.2 Å². The highest BCUT2D eigenvalue weighted by molar-refractivity contribution is 7.89. The summed E-state index contributed by atoms with van der Waals surface area (Å²) >= 11 is 0. The molecule has 2 amide bonds. The number of primary amides is 1. The van der Waals surface area contributed by atoms with Crippen LogP contribution in [0.4, 0.5) is 8.78 Å². The summed E-state index contributed by atoms with van der Waals surface area (Å²) in [6.45, 7) is -0.959. The molecular formula is C12H13F2N3O4S. The molecule has 7 nitrogen and oxygen atoms in total. The van der Waals surface area contributed by atoms with Crippen LogP contribution < -0.4 is 10.9 Å². The van der Waals surface area contributed by atoms with E-state index in [0.717, 1.165) is 12.1 Å². The SMILES string of the molecule is NC(=O)[C@H]1CC(F)(F)CN1C(=O)c1cccc(S(N)(=O)=O)c1. The van der Waals surface area contributed by atoms with Gasteiger partial charge in [0.1, 0.15) is 6.04 Å². The van der Waals surface area contributed by atoms with Gasteiger partial charge in [0.25, 0.3) is 11.8 Å². The fraction of sp³-hybridized carbons (Fsp3) is 0.333. The van der Waals surface area contributed by atoms with Crippen LogP contribution in [0.1, 0.15) is 16.8 Å². The molecule has 1 aromatic carbocycles. The molecule has 1 saturated heterocycles. The largest absolute Gasteiger partial charge is 0.368 e. The predicted molar refractivity (Wildman–Crippen MR) is 71.4 cm³/mol. The minimum atomic E-state index is -4.05. The average Bonchev–Trinajstić information content (AvgIpc) is 2.73. The molecule has 0 aliphatic carbocycles. The Morgan fingerprint density at radius 1 is 1.32 bits per heavy atom. The zero-order valence-electron chi connectivity index (χ0n) is 11.2. The lowest BCUT2D eigenvalue weighted by molar-refractivity contribution is -0.121. The van der Waals surface area contributed by atoms with Crippen molar-refractivity contribution in [2.24, 2.45) is 10.9 Å². The molecular weight excluding hydrogens is 320 g/mol. The van der Waals surface area contributed by atoms with Crippen LogP contribution in [0.2, 0.25) is 0 Å². The number of nitrogens with two attached hydrogens (primary N) is 2. The number of hydrogen-bond donors (Lipinski definition) is 2. The molecule has 0 spiro atoms. The van der Waals surface area contributed by atoms with Crippen LogP contribution in [0, 0.1) is 0 Å². The smallest absolute Gasteiger partial charge is 0.267 e. The summed E-state index contributed by atoms with van der Waals surface area (Å²) in [5.41, 5.74) is 4.87. The van der Waals surface area contributed by atoms with E-state index >= 15 is 0 Å². The van der Waals surface area contributed by atoms with E-state index in [1.54, 1.807) is 0 Å². The minimum absolute atomic E-state index is 0.171. The molecule has 1 aliphatic heterocycles. The number of likely N-dealkylation sites (tertiary alicyclic amines) is 1. The van der Waals surface area contributed by atoms with Gasteiger partial charge in [0.05, 0.1) is 11.4 Å². The van der Waals surface area contributed by atoms with Crippen molar-refractivity contribution < 1.29 is 26.8 Å². The molecule has 120 valence electrons. The van der Waals surface area contributed by atoms with E-state index in [4.69, 9.17) is 10.9 Å². The third-order valence-electron chi connectivity index (χ3n) is 3.27. The summed E-state index contributed by atoms with van der Waals surface area (Å²) in [4.78, 5) is 23.8.